The molecule has 2 aromatic carbocycles. The van der Waals surface area contributed by atoms with E-state index >= 15 is 0 Å². The van der Waals surface area contributed by atoms with Gasteiger partial charge in [-0.3, -0.25) is 0 Å². The quantitative estimate of drug-likeness (QED) is 0.465. The van der Waals surface area contributed by atoms with E-state index < -0.39 is 11.7 Å². The number of hydrogen-bond donors (Lipinski definition) is 2. The Balaban J connectivity index is 0.00000450. The summed E-state index contributed by atoms with van der Waals surface area (Å²) in [5.41, 5.74) is 3.78. The van der Waals surface area contributed by atoms with Gasteiger partial charge >= 0.3 is 51.4 Å². The number of phenols is 2. The van der Waals surface area contributed by atoms with Gasteiger partial charge in [0.15, 0.2) is 0 Å². The van der Waals surface area contributed by atoms with Crippen LogP contribution >= 0.6 is 0 Å². The van der Waals surface area contributed by atoms with Crippen molar-refractivity contribution in [2.24, 2.45) is 0 Å². The molecule has 0 heterocycles. The Hall–Kier alpha value is -1.37. The maximum atomic E-state index is 11.7. The van der Waals surface area contributed by atoms with Gasteiger partial charge in [-0.25, -0.2) is 0 Å². The molecule has 5 heteroatoms. The summed E-state index contributed by atoms with van der Waals surface area (Å²) in [7, 11) is 0. The Morgan fingerprint density at radius 2 is 1.70 bits per heavy atom. The predicted molar refractivity (Wildman–Crippen MR) is 114 cm³/mol. The van der Waals surface area contributed by atoms with Crippen molar-refractivity contribution < 1.29 is 71.5 Å². The van der Waals surface area contributed by atoms with E-state index in [0.29, 0.717) is 18.4 Å². The molecule has 0 aliphatic carbocycles. The molecule has 0 radical (unpaired) electrons. The molecule has 2 aromatic rings. The zero-order chi connectivity index (χ0) is 21.4. The number of rotatable bonds is 9. The fourth-order valence-electron chi connectivity index (χ4n) is 3.27. The molecule has 0 atom stereocenters. The van der Waals surface area contributed by atoms with E-state index in [0.717, 1.165) is 24.0 Å². The Morgan fingerprint density at radius 1 is 1.03 bits per heavy atom. The molecule has 0 fully saturated rings. The smallest absolute Gasteiger partial charge is 0.545 e. The molecule has 2 N–H and O–H groups in total. The summed E-state index contributed by atoms with van der Waals surface area (Å²) in [5, 5.41) is 32.7. The number of aromatic carboxylic acids is 1. The number of carboxylic acids is 1. The summed E-state index contributed by atoms with van der Waals surface area (Å²) in [6, 6.07) is 11.1. The monoisotopic (exact) mass is 432 g/mol. The van der Waals surface area contributed by atoms with Crippen LogP contribution in [0.4, 0.5) is 0 Å². The summed E-state index contributed by atoms with van der Waals surface area (Å²) in [6.45, 7) is 6.09. The largest absolute Gasteiger partial charge is 1.00 e. The average molecular weight is 433 g/mol. The van der Waals surface area contributed by atoms with Crippen LogP contribution in [0.5, 0.6) is 11.5 Å². The normalized spacial score (nSPS) is 11.0. The van der Waals surface area contributed by atoms with Crippen LogP contribution in [0.1, 0.15) is 60.7 Å². The Bertz CT molecular complexity index is 910. The number of aromatic hydroxyl groups is 2. The molecule has 0 aromatic heterocycles. The van der Waals surface area contributed by atoms with Crippen molar-refractivity contribution in [2.45, 2.75) is 52.9 Å². The maximum absolute atomic E-state index is 11.7. The first kappa shape index (κ1) is 26.7. The molecule has 30 heavy (non-hydrogen) atoms. The van der Waals surface area contributed by atoms with Gasteiger partial charge < -0.3 is 20.1 Å². The minimum atomic E-state index is -1.43. The fraction of sp³-hybridized carbons (Fsp3) is 0.320. The third-order valence-corrected chi connectivity index (χ3v) is 4.94. The Labute approximate surface area is 221 Å². The van der Waals surface area contributed by atoms with Crippen molar-refractivity contribution in [1.82, 2.24) is 0 Å². The van der Waals surface area contributed by atoms with Crippen molar-refractivity contribution in [3.63, 3.8) is 0 Å². The number of allylic oxidation sites excluding steroid dienone is 4. The number of benzene rings is 2. The summed E-state index contributed by atoms with van der Waals surface area (Å²) in [4.78, 5) is 11.7. The SMILES string of the molecule is CC(C)=CCC/C(C)=C/Cc1c(O)cc(CCc2ccccc2)c(C(=O)[O-])c1O.[K+]. The zero-order valence-corrected chi connectivity index (χ0v) is 21.5. The average Bonchev–Trinajstić information content (AvgIpc) is 2.66. The molecule has 0 spiro atoms. The van der Waals surface area contributed by atoms with Crippen LogP contribution in [0, 0.1) is 0 Å². The van der Waals surface area contributed by atoms with E-state index in [1.807, 2.05) is 43.3 Å². The van der Waals surface area contributed by atoms with E-state index in [4.69, 9.17) is 0 Å². The number of carbonyl (C=O) groups is 1. The first-order chi connectivity index (χ1) is 13.8. The molecule has 4 nitrogen and oxygen atoms in total. The fourth-order valence-corrected chi connectivity index (χ4v) is 3.27. The van der Waals surface area contributed by atoms with Crippen LogP contribution in [0.15, 0.2) is 59.7 Å². The van der Waals surface area contributed by atoms with Gasteiger partial charge in [-0.15, -0.1) is 0 Å². The van der Waals surface area contributed by atoms with Crippen molar-refractivity contribution >= 4 is 5.97 Å². The number of carboxylic acid groups (broad SMARTS) is 1. The Kier molecular flexibility index (Phi) is 11.7. The van der Waals surface area contributed by atoms with Crippen LogP contribution < -0.4 is 56.5 Å². The van der Waals surface area contributed by atoms with E-state index in [1.165, 1.54) is 11.6 Å². The van der Waals surface area contributed by atoms with Crippen LogP contribution in [0.3, 0.4) is 0 Å². The van der Waals surface area contributed by atoms with Gasteiger partial charge in [-0.2, -0.15) is 0 Å². The first-order valence-corrected chi connectivity index (χ1v) is 9.90. The number of hydrogen-bond acceptors (Lipinski definition) is 4. The van der Waals surface area contributed by atoms with Gasteiger partial charge in [-0.1, -0.05) is 53.6 Å². The zero-order valence-electron chi connectivity index (χ0n) is 18.4. The van der Waals surface area contributed by atoms with Gasteiger partial charge in [0, 0.05) is 11.1 Å². The third kappa shape index (κ3) is 8.04. The number of aryl methyl sites for hydroxylation is 2. The standard InChI is InChI=1S/C25H30O4.K/c1-17(2)8-7-9-18(3)12-15-21-22(26)16-20(23(24(21)27)25(28)29)14-13-19-10-5-4-6-11-19;/h4-6,8,10-12,16,26-27H,7,9,13-15H2,1-3H3,(H,28,29);/q;+1/p-1/b18-12+;. The van der Waals surface area contributed by atoms with Gasteiger partial charge in [0.05, 0.1) is 5.97 Å². The van der Waals surface area contributed by atoms with Crippen LogP contribution in [0.2, 0.25) is 0 Å². The number of carbonyl (C=O) groups excluding carboxylic acids is 1. The third-order valence-electron chi connectivity index (χ3n) is 4.94. The summed E-state index contributed by atoms with van der Waals surface area (Å²) < 4.78 is 0. The molecule has 0 unspecified atom stereocenters. The Morgan fingerprint density at radius 3 is 2.30 bits per heavy atom. The molecule has 154 valence electrons. The molecular weight excluding hydrogens is 403 g/mol. The summed E-state index contributed by atoms with van der Waals surface area (Å²) >= 11 is 0. The second-order valence-electron chi connectivity index (χ2n) is 7.60. The minimum Gasteiger partial charge on any atom is -0.545 e. The van der Waals surface area contributed by atoms with Crippen LogP contribution in [-0.4, -0.2) is 16.2 Å². The van der Waals surface area contributed by atoms with Crippen molar-refractivity contribution in [3.8, 4) is 11.5 Å². The van der Waals surface area contributed by atoms with Crippen LogP contribution in [-0.2, 0) is 19.3 Å². The van der Waals surface area contributed by atoms with Gasteiger partial charge in [0.2, 0.25) is 0 Å². The van der Waals surface area contributed by atoms with Gasteiger partial charge in [-0.05, 0) is 70.1 Å². The van der Waals surface area contributed by atoms with E-state index in [9.17, 15) is 20.1 Å². The first-order valence-electron chi connectivity index (χ1n) is 9.90. The summed E-state index contributed by atoms with van der Waals surface area (Å²) in [5.74, 6) is -1.93. The van der Waals surface area contributed by atoms with E-state index in [-0.39, 0.29) is 74.7 Å². The second-order valence-corrected chi connectivity index (χ2v) is 7.60. The van der Waals surface area contributed by atoms with Gasteiger partial charge in [0.1, 0.15) is 11.5 Å². The molecular formula is C25H29KO4. The van der Waals surface area contributed by atoms with Crippen molar-refractivity contribution in [3.05, 3.63) is 82.0 Å². The minimum absolute atomic E-state index is 0. The van der Waals surface area contributed by atoms with E-state index in [2.05, 4.69) is 19.9 Å². The van der Waals surface area contributed by atoms with E-state index in [1.54, 1.807) is 0 Å². The van der Waals surface area contributed by atoms with Gasteiger partial charge in [0.25, 0.3) is 0 Å². The second kappa shape index (κ2) is 13.1. The molecule has 2 rings (SSSR count). The predicted octanol–water partition coefficient (Wildman–Crippen LogP) is 1.49. The molecule has 0 aliphatic rings. The molecule has 0 aliphatic heterocycles. The summed E-state index contributed by atoms with van der Waals surface area (Å²) in [6.07, 6.45) is 7.10. The molecule has 0 saturated heterocycles. The maximum Gasteiger partial charge on any atom is 1.00 e. The molecule has 0 amide bonds. The molecule has 0 saturated carbocycles. The topological polar surface area (TPSA) is 80.6 Å². The van der Waals surface area contributed by atoms with Crippen molar-refractivity contribution in [1.29, 1.82) is 0 Å². The molecule has 0 bridgehead atoms. The van der Waals surface area contributed by atoms with Crippen LogP contribution in [0.25, 0.3) is 0 Å². The number of phenolic OH excluding ortho intramolecular Hbond substituents is 1. The van der Waals surface area contributed by atoms with Crippen molar-refractivity contribution in [2.75, 3.05) is 0 Å².